The lowest BCUT2D eigenvalue weighted by Crippen LogP contribution is -2.60. The minimum Gasteiger partial charge on any atom is -0.497 e. The van der Waals surface area contributed by atoms with Gasteiger partial charge >= 0.3 is 54.1 Å². The van der Waals surface area contributed by atoms with Crippen LogP contribution in [0, 0.1) is 0 Å². The normalized spacial score (nSPS) is 21.5. The third kappa shape index (κ3) is 4.85. The Bertz CT molecular complexity index is 1390. The van der Waals surface area contributed by atoms with Gasteiger partial charge in [0.05, 0.1) is 18.2 Å². The summed E-state index contributed by atoms with van der Waals surface area (Å²) in [6.07, 6.45) is -25.0. The van der Waals surface area contributed by atoms with Crippen molar-refractivity contribution in [3.8, 4) is 5.75 Å². The highest BCUT2D eigenvalue weighted by atomic mass is 19.4. The molecule has 0 bridgehead atoms. The zero-order valence-electron chi connectivity index (χ0n) is 21.0. The maximum absolute atomic E-state index is 14.3. The highest BCUT2D eigenvalue weighted by Gasteiger charge is 2.73. The van der Waals surface area contributed by atoms with E-state index in [4.69, 9.17) is 4.74 Å². The predicted molar refractivity (Wildman–Crippen MR) is 111 cm³/mol. The standard InChI is InChI=1S/C22H13F15N2O5/c1-8-16(5-6-38(8)12(40)17(23,24)20(29,30)31)10-7-9(43-2)3-4-11(10)39(13(41)18(25,26)21(32,33)34)14(16)44-15(42)19(27,28)22(35,36)37/h3-4,7,14H,1,5-6H2,2H3/t14-,16+/m0/s1. The molecule has 0 aliphatic carbocycles. The summed E-state index contributed by atoms with van der Waals surface area (Å²) < 4.78 is 210. The zero-order chi connectivity index (χ0) is 34.2. The van der Waals surface area contributed by atoms with E-state index < -0.39 is 111 Å². The molecule has 2 heterocycles. The second kappa shape index (κ2) is 10.1. The van der Waals surface area contributed by atoms with Crippen LogP contribution in [-0.4, -0.2) is 78.9 Å². The minimum absolute atomic E-state index is 0.429. The Morgan fingerprint density at radius 2 is 1.27 bits per heavy atom. The molecular formula is C22H13F15N2O5. The van der Waals surface area contributed by atoms with E-state index in [0.29, 0.717) is 18.2 Å². The van der Waals surface area contributed by atoms with E-state index in [2.05, 4.69) is 11.3 Å². The molecule has 2 amide bonds. The Kier molecular flexibility index (Phi) is 7.92. The quantitative estimate of drug-likeness (QED) is 0.306. The molecule has 1 aromatic carbocycles. The van der Waals surface area contributed by atoms with Gasteiger partial charge in [0.25, 0.3) is 0 Å². The SMILES string of the molecule is C=C1N(C(=O)C(F)(F)C(F)(F)F)CC[C@]12c1cc(OC)ccc1N(C(=O)C(F)(F)C(F)(F)F)[C@H]2OC(=O)C(F)(F)C(F)(F)F. The average molecular weight is 670 g/mol. The number of fused-ring (bicyclic) bond motifs is 2. The van der Waals surface area contributed by atoms with Crippen molar-refractivity contribution < 1.29 is 89.7 Å². The van der Waals surface area contributed by atoms with Crippen molar-refractivity contribution in [1.29, 1.82) is 0 Å². The van der Waals surface area contributed by atoms with Crippen LogP contribution in [0.25, 0.3) is 0 Å². The van der Waals surface area contributed by atoms with E-state index >= 15 is 0 Å². The van der Waals surface area contributed by atoms with Crippen molar-refractivity contribution in [2.24, 2.45) is 0 Å². The first-order valence-electron chi connectivity index (χ1n) is 11.2. The second-order valence-corrected chi connectivity index (χ2v) is 9.16. The largest absolute Gasteiger partial charge is 0.497 e. The molecular weight excluding hydrogens is 657 g/mol. The Morgan fingerprint density at radius 1 is 0.795 bits per heavy atom. The zero-order valence-corrected chi connectivity index (χ0v) is 21.0. The Labute approximate surface area is 233 Å². The van der Waals surface area contributed by atoms with Crippen molar-refractivity contribution >= 4 is 23.5 Å². The summed E-state index contributed by atoms with van der Waals surface area (Å²) in [5, 5.41) is 0. The van der Waals surface area contributed by atoms with E-state index in [1.807, 2.05) is 0 Å². The number of likely N-dealkylation sites (tertiary alicyclic amines) is 1. The minimum atomic E-state index is -6.81. The highest BCUT2D eigenvalue weighted by molar-refractivity contribution is 6.03. The van der Waals surface area contributed by atoms with Crippen molar-refractivity contribution in [3.63, 3.8) is 0 Å². The van der Waals surface area contributed by atoms with Crippen LogP contribution in [0.2, 0.25) is 0 Å². The fraction of sp³-hybridized carbons (Fsp3) is 0.500. The van der Waals surface area contributed by atoms with Crippen molar-refractivity contribution in [1.82, 2.24) is 4.90 Å². The van der Waals surface area contributed by atoms with Crippen LogP contribution < -0.4 is 9.64 Å². The number of hydrogen-bond donors (Lipinski definition) is 0. The van der Waals surface area contributed by atoms with Crippen LogP contribution in [0.3, 0.4) is 0 Å². The Balaban J connectivity index is 2.35. The van der Waals surface area contributed by atoms with Crippen molar-refractivity contribution in [2.45, 2.75) is 54.4 Å². The topological polar surface area (TPSA) is 76.2 Å². The van der Waals surface area contributed by atoms with Crippen LogP contribution in [0.15, 0.2) is 30.5 Å². The molecule has 0 unspecified atom stereocenters. The summed E-state index contributed by atoms with van der Waals surface area (Å²) in [6.45, 7) is 1.61. The van der Waals surface area contributed by atoms with Crippen molar-refractivity contribution in [2.75, 3.05) is 18.6 Å². The van der Waals surface area contributed by atoms with E-state index in [1.54, 1.807) is 0 Å². The molecule has 22 heteroatoms. The lowest BCUT2D eigenvalue weighted by atomic mass is 9.77. The first-order chi connectivity index (χ1) is 19.6. The van der Waals surface area contributed by atoms with Gasteiger partial charge in [-0.1, -0.05) is 6.58 Å². The summed E-state index contributed by atoms with van der Waals surface area (Å²) in [6, 6.07) is 1.70. The van der Waals surface area contributed by atoms with Crippen LogP contribution in [0.1, 0.15) is 12.0 Å². The van der Waals surface area contributed by atoms with E-state index in [9.17, 15) is 80.2 Å². The summed E-state index contributed by atoms with van der Waals surface area (Å²) >= 11 is 0. The second-order valence-electron chi connectivity index (χ2n) is 9.16. The van der Waals surface area contributed by atoms with E-state index in [-0.39, 0.29) is 0 Å². The number of rotatable bonds is 5. The first-order valence-corrected chi connectivity index (χ1v) is 11.2. The Hall–Kier alpha value is -3.88. The van der Waals surface area contributed by atoms with Gasteiger partial charge in [-0.2, -0.15) is 65.9 Å². The first kappa shape index (κ1) is 34.6. The summed E-state index contributed by atoms with van der Waals surface area (Å²) in [5.74, 6) is -30.1. The third-order valence-corrected chi connectivity index (χ3v) is 6.71. The molecule has 0 radical (unpaired) electrons. The fourth-order valence-electron chi connectivity index (χ4n) is 4.50. The number of carbonyl (C=O) groups is 3. The maximum atomic E-state index is 14.3. The number of alkyl halides is 15. The van der Waals surface area contributed by atoms with Gasteiger partial charge in [-0.3, -0.25) is 14.5 Å². The molecule has 0 saturated carbocycles. The lowest BCUT2D eigenvalue weighted by molar-refractivity contribution is -0.283. The number of methoxy groups -OCH3 is 1. The monoisotopic (exact) mass is 670 g/mol. The lowest BCUT2D eigenvalue weighted by Gasteiger charge is -2.38. The number of halogens is 15. The molecule has 1 aromatic rings. The third-order valence-electron chi connectivity index (χ3n) is 6.71. The van der Waals surface area contributed by atoms with Gasteiger partial charge in [-0.05, 0) is 30.2 Å². The van der Waals surface area contributed by atoms with Crippen LogP contribution >= 0.6 is 0 Å². The number of benzene rings is 1. The molecule has 7 nitrogen and oxygen atoms in total. The number of ether oxygens (including phenoxy) is 2. The van der Waals surface area contributed by atoms with Crippen LogP contribution in [-0.2, 0) is 24.5 Å². The molecule has 2 aliphatic rings. The van der Waals surface area contributed by atoms with Crippen LogP contribution in [0.5, 0.6) is 5.75 Å². The number of esters is 1. The van der Waals surface area contributed by atoms with Gasteiger partial charge in [0.15, 0.2) is 6.23 Å². The van der Waals surface area contributed by atoms with Crippen molar-refractivity contribution in [3.05, 3.63) is 36.0 Å². The number of amides is 2. The van der Waals surface area contributed by atoms with Gasteiger partial charge in [-0.15, -0.1) is 0 Å². The van der Waals surface area contributed by atoms with Crippen LogP contribution in [0.4, 0.5) is 71.5 Å². The Morgan fingerprint density at radius 3 is 1.73 bits per heavy atom. The van der Waals surface area contributed by atoms with Gasteiger partial charge in [0, 0.05) is 12.2 Å². The predicted octanol–water partition coefficient (Wildman–Crippen LogP) is 5.49. The molecule has 0 N–H and O–H groups in total. The van der Waals surface area contributed by atoms with Gasteiger partial charge < -0.3 is 14.4 Å². The maximum Gasteiger partial charge on any atom is 0.465 e. The molecule has 3 rings (SSSR count). The van der Waals surface area contributed by atoms with E-state index in [0.717, 1.165) is 7.11 Å². The van der Waals surface area contributed by atoms with E-state index in [1.165, 1.54) is 0 Å². The fourth-order valence-corrected chi connectivity index (χ4v) is 4.50. The van der Waals surface area contributed by atoms with Gasteiger partial charge in [-0.25, -0.2) is 4.79 Å². The summed E-state index contributed by atoms with van der Waals surface area (Å²) in [5.41, 5.74) is -6.91. The molecule has 2 aliphatic heterocycles. The number of hydrogen-bond acceptors (Lipinski definition) is 5. The molecule has 1 spiro atoms. The smallest absolute Gasteiger partial charge is 0.465 e. The molecule has 44 heavy (non-hydrogen) atoms. The molecule has 2 atom stereocenters. The number of carbonyl (C=O) groups excluding carboxylic acids is 3. The highest BCUT2D eigenvalue weighted by Crippen LogP contribution is 2.58. The molecule has 246 valence electrons. The van der Waals surface area contributed by atoms with Gasteiger partial charge in [0.2, 0.25) is 0 Å². The molecule has 0 aromatic heterocycles. The average Bonchev–Trinajstić information content (AvgIpc) is 3.35. The van der Waals surface area contributed by atoms with Gasteiger partial charge in [0.1, 0.15) is 5.75 Å². The molecule has 1 saturated heterocycles. The summed E-state index contributed by atoms with van der Waals surface area (Å²) in [4.78, 5) is 35.6. The number of nitrogens with zero attached hydrogens (tertiary/aromatic N) is 2. The molecule has 1 fully saturated rings. The summed E-state index contributed by atoms with van der Waals surface area (Å²) in [7, 11) is 0.884. The number of anilines is 1.